The van der Waals surface area contributed by atoms with Gasteiger partial charge < -0.3 is 14.8 Å². The van der Waals surface area contributed by atoms with Crippen LogP contribution in [-0.2, 0) is 22.6 Å². The average Bonchev–Trinajstić information content (AvgIpc) is 3.69. The molecule has 1 atom stereocenters. The Morgan fingerprint density at radius 1 is 1.05 bits per heavy atom. The molecule has 1 unspecified atom stereocenters. The summed E-state index contributed by atoms with van der Waals surface area (Å²) in [6.07, 6.45) is 4.96. The van der Waals surface area contributed by atoms with Crippen molar-refractivity contribution < 1.29 is 9.47 Å². The second-order valence-corrected chi connectivity index (χ2v) is 11.2. The van der Waals surface area contributed by atoms with Crippen molar-refractivity contribution in [2.75, 3.05) is 18.5 Å². The zero-order valence-electron chi connectivity index (χ0n) is 20.8. The van der Waals surface area contributed by atoms with Crippen LogP contribution in [0.5, 0.6) is 0 Å². The number of nitrogens with one attached hydrogen (secondary N) is 1. The molecule has 4 aromatic rings. The molecule has 0 radical (unpaired) electrons. The molecule has 6 rings (SSSR count). The molecule has 1 saturated carbocycles. The van der Waals surface area contributed by atoms with E-state index in [1.165, 1.54) is 22.4 Å². The van der Waals surface area contributed by atoms with Crippen LogP contribution in [0.2, 0.25) is 5.02 Å². The summed E-state index contributed by atoms with van der Waals surface area (Å²) < 4.78 is 15.0. The number of rotatable bonds is 9. The molecule has 38 heavy (non-hydrogen) atoms. The Hall–Kier alpha value is -3.05. The number of aromatic nitrogens is 4. The molecule has 1 saturated heterocycles. The van der Waals surface area contributed by atoms with E-state index in [1.807, 2.05) is 30.3 Å². The Morgan fingerprint density at radius 3 is 2.66 bits per heavy atom. The van der Waals surface area contributed by atoms with E-state index >= 15 is 0 Å². The first-order valence-corrected chi connectivity index (χ1v) is 14.1. The average molecular weight is 554 g/mol. The third-order valence-corrected chi connectivity index (χ3v) is 8.18. The fraction of sp³-hybridized carbons (Fsp3) is 0.407. The molecule has 0 bridgehead atoms. The number of ether oxygens (including phenoxy) is 2. The lowest BCUT2D eigenvalue weighted by atomic mass is 10.2. The highest BCUT2D eigenvalue weighted by atomic mass is 35.5. The van der Waals surface area contributed by atoms with Crippen molar-refractivity contribution in [3.05, 3.63) is 79.0 Å². The first-order valence-electron chi connectivity index (χ1n) is 12.9. The van der Waals surface area contributed by atoms with Crippen LogP contribution >= 0.6 is 22.9 Å². The molecular weight excluding hydrogens is 526 g/mol. The van der Waals surface area contributed by atoms with E-state index in [0.29, 0.717) is 17.5 Å². The summed E-state index contributed by atoms with van der Waals surface area (Å²) in [5.41, 5.74) is 1.44. The molecule has 11 heteroatoms. The molecule has 1 N–H and O–H groups in total. The predicted molar refractivity (Wildman–Crippen MR) is 148 cm³/mol. The summed E-state index contributed by atoms with van der Waals surface area (Å²) in [4.78, 5) is 35.5. The molecule has 2 fully saturated rings. The van der Waals surface area contributed by atoms with E-state index in [-0.39, 0.29) is 31.9 Å². The molecule has 3 heterocycles. The van der Waals surface area contributed by atoms with Crippen molar-refractivity contribution >= 4 is 44.8 Å². The van der Waals surface area contributed by atoms with E-state index in [4.69, 9.17) is 26.1 Å². The molecule has 9 nitrogen and oxygen atoms in total. The Bertz CT molecular complexity index is 1550. The molecule has 0 amide bonds. The lowest BCUT2D eigenvalue weighted by Gasteiger charge is -2.22. The number of halogens is 1. The van der Waals surface area contributed by atoms with Gasteiger partial charge in [-0.25, -0.2) is 19.1 Å². The van der Waals surface area contributed by atoms with Gasteiger partial charge in [0.2, 0.25) is 5.95 Å². The number of hydrogen-bond acceptors (Lipinski definition) is 8. The van der Waals surface area contributed by atoms with Gasteiger partial charge in [0.1, 0.15) is 0 Å². The van der Waals surface area contributed by atoms with Gasteiger partial charge in [-0.05, 0) is 68.0 Å². The second kappa shape index (κ2) is 11.0. The summed E-state index contributed by atoms with van der Waals surface area (Å²) in [5.74, 6) is 0.755. The van der Waals surface area contributed by atoms with Gasteiger partial charge in [0.05, 0.1) is 34.9 Å². The number of fused-ring (bicyclic) bond motifs is 1. The molecule has 2 aromatic carbocycles. The van der Waals surface area contributed by atoms with Crippen LogP contribution in [0.15, 0.2) is 52.1 Å². The van der Waals surface area contributed by atoms with E-state index in [9.17, 15) is 9.59 Å². The van der Waals surface area contributed by atoms with Crippen LogP contribution < -0.4 is 16.7 Å². The van der Waals surface area contributed by atoms with E-state index in [0.717, 1.165) is 45.3 Å². The van der Waals surface area contributed by atoms with Crippen LogP contribution in [0.25, 0.3) is 10.2 Å². The summed E-state index contributed by atoms with van der Waals surface area (Å²) >= 11 is 7.75. The molecule has 1 aliphatic heterocycles. The first-order chi connectivity index (χ1) is 18.5. The minimum Gasteiger partial charge on any atom is -0.353 e. The number of nitrogens with zero attached hydrogens (tertiary/aromatic N) is 4. The van der Waals surface area contributed by atoms with Crippen molar-refractivity contribution in [2.24, 2.45) is 0 Å². The van der Waals surface area contributed by atoms with Gasteiger partial charge in [0, 0.05) is 23.2 Å². The molecule has 1 aliphatic carbocycles. The van der Waals surface area contributed by atoms with E-state index in [2.05, 4.69) is 10.3 Å². The van der Waals surface area contributed by atoms with Gasteiger partial charge in [0.25, 0.3) is 0 Å². The minimum atomic E-state index is -0.632. The maximum atomic E-state index is 13.6. The lowest BCUT2D eigenvalue weighted by Crippen LogP contribution is -2.43. The van der Waals surface area contributed by atoms with Crippen LogP contribution in [0.4, 0.5) is 11.6 Å². The Morgan fingerprint density at radius 2 is 1.89 bits per heavy atom. The highest BCUT2D eigenvalue weighted by molar-refractivity contribution is 7.18. The highest BCUT2D eigenvalue weighted by Crippen LogP contribution is 2.43. The monoisotopic (exact) mass is 553 g/mol. The van der Waals surface area contributed by atoms with Gasteiger partial charge in [-0.1, -0.05) is 23.7 Å². The number of benzene rings is 2. The van der Waals surface area contributed by atoms with Crippen molar-refractivity contribution in [2.45, 2.75) is 57.4 Å². The standard InChI is InChI=1S/C27H28ClN5O4S/c28-19-8-4-17(5-9-19)16-33-25(29-20-10-11-21-22(15-20)38-24(30-21)18-6-7-18)31-26(34)32(27(33)35)12-14-37-23-3-1-2-13-36-23/h4-5,8-11,15,18,23H,1-3,6-7,12-14,16H2,(H,29,31,34). The van der Waals surface area contributed by atoms with Crippen LogP contribution in [-0.4, -0.2) is 38.6 Å². The maximum Gasteiger partial charge on any atom is 0.355 e. The minimum absolute atomic E-state index is 0.0855. The quantitative estimate of drug-likeness (QED) is 0.315. The van der Waals surface area contributed by atoms with Gasteiger partial charge in [-0.2, -0.15) is 4.98 Å². The number of thiazole rings is 1. The van der Waals surface area contributed by atoms with Crippen molar-refractivity contribution in [3.8, 4) is 0 Å². The molecule has 2 aromatic heterocycles. The lowest BCUT2D eigenvalue weighted by molar-refractivity contribution is -0.163. The van der Waals surface area contributed by atoms with Crippen LogP contribution in [0, 0.1) is 0 Å². The smallest absolute Gasteiger partial charge is 0.353 e. The third-order valence-electron chi connectivity index (χ3n) is 6.75. The fourth-order valence-corrected chi connectivity index (χ4v) is 5.81. The van der Waals surface area contributed by atoms with Crippen LogP contribution in [0.1, 0.15) is 48.6 Å². The van der Waals surface area contributed by atoms with Crippen LogP contribution in [0.3, 0.4) is 0 Å². The normalized spacial score (nSPS) is 17.7. The number of hydrogen-bond donors (Lipinski definition) is 1. The fourth-order valence-electron chi connectivity index (χ4n) is 4.50. The Balaban J connectivity index is 1.29. The van der Waals surface area contributed by atoms with Crippen molar-refractivity contribution in [1.82, 2.24) is 19.1 Å². The zero-order chi connectivity index (χ0) is 26.1. The largest absolute Gasteiger partial charge is 0.355 e. The molecule has 0 spiro atoms. The van der Waals surface area contributed by atoms with Gasteiger partial charge in [0.15, 0.2) is 6.29 Å². The SMILES string of the molecule is O=c1nc(Nc2ccc3nc(C4CC4)sc3c2)n(Cc2ccc(Cl)cc2)c(=O)n1CCOC1CCCCO1. The van der Waals surface area contributed by atoms with Gasteiger partial charge in [-0.15, -0.1) is 11.3 Å². The second-order valence-electron chi connectivity index (χ2n) is 9.67. The highest BCUT2D eigenvalue weighted by Gasteiger charge is 2.27. The molecule has 2 aliphatic rings. The van der Waals surface area contributed by atoms with Crippen molar-refractivity contribution in [3.63, 3.8) is 0 Å². The topological polar surface area (TPSA) is 100 Å². The predicted octanol–water partition coefficient (Wildman–Crippen LogP) is 4.88. The first kappa shape index (κ1) is 25.2. The zero-order valence-corrected chi connectivity index (χ0v) is 22.3. The third kappa shape index (κ3) is 5.68. The van der Waals surface area contributed by atoms with Gasteiger partial charge in [-0.3, -0.25) is 4.57 Å². The summed E-state index contributed by atoms with van der Waals surface area (Å²) in [6.45, 7) is 1.14. The van der Waals surface area contributed by atoms with E-state index < -0.39 is 11.4 Å². The maximum absolute atomic E-state index is 13.6. The molecule has 198 valence electrons. The van der Waals surface area contributed by atoms with Gasteiger partial charge >= 0.3 is 11.4 Å². The summed E-state index contributed by atoms with van der Waals surface area (Å²) in [5, 5.41) is 4.98. The Labute approximate surface area is 228 Å². The molecular formula is C27H28ClN5O4S. The number of anilines is 2. The summed E-state index contributed by atoms with van der Waals surface area (Å²) in [6, 6.07) is 13.1. The summed E-state index contributed by atoms with van der Waals surface area (Å²) in [7, 11) is 0. The van der Waals surface area contributed by atoms with E-state index in [1.54, 1.807) is 23.5 Å². The van der Waals surface area contributed by atoms with Crippen molar-refractivity contribution in [1.29, 1.82) is 0 Å². The Kier molecular flexibility index (Phi) is 7.29.